The van der Waals surface area contributed by atoms with Gasteiger partial charge in [0.15, 0.2) is 0 Å². The summed E-state index contributed by atoms with van der Waals surface area (Å²) in [6.45, 7) is -5.01. The fourth-order valence-corrected chi connectivity index (χ4v) is 1.60. The second-order valence-corrected chi connectivity index (χ2v) is 3.65. The SMILES string of the molecule is [2H]c1c(C([2H])([2H])n2cncn2)c([2H])c2c(C([2H])([2H])C([2H])([2H])NC)c[nH]c2c1[2H]. The molecule has 0 aliphatic rings. The summed E-state index contributed by atoms with van der Waals surface area (Å²) in [6, 6.07) is -1.51. The van der Waals surface area contributed by atoms with Crippen molar-refractivity contribution < 1.29 is 12.3 Å². The highest BCUT2D eigenvalue weighted by Gasteiger charge is 2.05. The van der Waals surface area contributed by atoms with Crippen LogP contribution >= 0.6 is 0 Å². The summed E-state index contributed by atoms with van der Waals surface area (Å²) in [7, 11) is 1.25. The molecule has 19 heavy (non-hydrogen) atoms. The first-order valence-electron chi connectivity index (χ1n) is 10.0. The van der Waals surface area contributed by atoms with Gasteiger partial charge in [-0.1, -0.05) is 6.04 Å². The number of hydrogen-bond donors (Lipinski definition) is 2. The second-order valence-electron chi connectivity index (χ2n) is 3.65. The summed E-state index contributed by atoms with van der Waals surface area (Å²) in [5, 5.41) is 5.81. The van der Waals surface area contributed by atoms with Crippen LogP contribution in [-0.2, 0) is 12.9 Å². The van der Waals surface area contributed by atoms with E-state index < -0.39 is 43.1 Å². The predicted octanol–water partition coefficient (Wildman–Crippen LogP) is 1.57. The van der Waals surface area contributed by atoms with Crippen LogP contribution in [0.4, 0.5) is 0 Å². The van der Waals surface area contributed by atoms with Crippen LogP contribution in [-0.4, -0.2) is 33.3 Å². The number of hydrogen-bond acceptors (Lipinski definition) is 3. The number of aromatic amines is 1. The molecule has 2 aromatic heterocycles. The lowest BCUT2D eigenvalue weighted by Gasteiger charge is -2.03. The van der Waals surface area contributed by atoms with Gasteiger partial charge < -0.3 is 10.3 Å². The highest BCUT2D eigenvalue weighted by Crippen LogP contribution is 2.20. The number of likely N-dealkylation sites (N-methyl/N-ethyl adjacent to an activating group) is 1. The number of rotatable bonds is 5. The van der Waals surface area contributed by atoms with E-state index in [1.807, 2.05) is 0 Å². The van der Waals surface area contributed by atoms with Gasteiger partial charge in [0.2, 0.25) is 0 Å². The Labute approximate surface area is 124 Å². The van der Waals surface area contributed by atoms with Gasteiger partial charge in [-0.05, 0) is 43.1 Å². The molecule has 1 aromatic carbocycles. The third-order valence-electron chi connectivity index (χ3n) is 2.41. The molecule has 0 unspecified atom stereocenters. The average molecular weight is 264 g/mol. The standard InChI is InChI=1S/C14H17N5/c1-15-5-4-12-7-17-14-3-2-11(6-13(12)14)8-19-10-16-9-18-19/h2-3,6-7,9-10,15,17H,4-5,8H2,1H3/i2D,3D,4D2,5D2,6D,8D2. The molecule has 2 N–H and O–H groups in total. The first-order valence-corrected chi connectivity index (χ1v) is 5.53. The van der Waals surface area contributed by atoms with E-state index in [0.717, 1.165) is 23.5 Å². The first kappa shape index (κ1) is 5.46. The molecule has 3 aromatic rings. The topological polar surface area (TPSA) is 58.5 Å². The van der Waals surface area contributed by atoms with Crippen molar-refractivity contribution in [3.8, 4) is 0 Å². The van der Waals surface area contributed by atoms with Crippen molar-refractivity contribution in [2.45, 2.75) is 12.9 Å². The fourth-order valence-electron chi connectivity index (χ4n) is 1.60. The van der Waals surface area contributed by atoms with Crippen molar-refractivity contribution in [3.05, 3.63) is 48.1 Å². The zero-order valence-electron chi connectivity index (χ0n) is 19.1. The third kappa shape index (κ3) is 2.51. The maximum absolute atomic E-state index is 8.50. The van der Waals surface area contributed by atoms with Crippen LogP contribution in [0, 0.1) is 0 Å². The van der Waals surface area contributed by atoms with E-state index >= 15 is 0 Å². The van der Waals surface area contributed by atoms with Crippen molar-refractivity contribution in [2.75, 3.05) is 13.5 Å². The van der Waals surface area contributed by atoms with Crippen LogP contribution in [0.25, 0.3) is 10.9 Å². The van der Waals surface area contributed by atoms with Gasteiger partial charge in [-0.25, -0.2) is 9.67 Å². The maximum atomic E-state index is 8.50. The molecule has 0 saturated heterocycles. The van der Waals surface area contributed by atoms with Crippen molar-refractivity contribution in [1.82, 2.24) is 25.1 Å². The van der Waals surface area contributed by atoms with Crippen LogP contribution in [0.1, 0.15) is 23.5 Å². The minimum atomic E-state index is -2.62. The van der Waals surface area contributed by atoms with Crippen LogP contribution < -0.4 is 5.32 Å². The molecule has 98 valence electrons. The van der Waals surface area contributed by atoms with E-state index in [-0.39, 0.29) is 16.5 Å². The van der Waals surface area contributed by atoms with E-state index in [0.29, 0.717) is 0 Å². The van der Waals surface area contributed by atoms with Gasteiger partial charge in [0, 0.05) is 22.6 Å². The number of fused-ring (bicyclic) bond motifs is 1. The molecule has 0 saturated carbocycles. The minimum absolute atomic E-state index is 0.0427. The molecule has 0 fully saturated rings. The van der Waals surface area contributed by atoms with Gasteiger partial charge >= 0.3 is 0 Å². The van der Waals surface area contributed by atoms with E-state index in [4.69, 9.17) is 12.3 Å². The zero-order chi connectivity index (χ0) is 21.1. The normalized spacial score (nSPS) is 20.4. The van der Waals surface area contributed by atoms with E-state index in [1.54, 1.807) is 0 Å². The molecule has 0 amide bonds. The Bertz CT molecular complexity index is 1030. The van der Waals surface area contributed by atoms with Crippen LogP contribution in [0.2, 0.25) is 0 Å². The van der Waals surface area contributed by atoms with E-state index in [1.165, 1.54) is 7.05 Å². The van der Waals surface area contributed by atoms with Crippen molar-refractivity contribution in [1.29, 1.82) is 0 Å². The van der Waals surface area contributed by atoms with E-state index in [2.05, 4.69) is 20.4 Å². The van der Waals surface area contributed by atoms with E-state index in [9.17, 15) is 0 Å². The number of aryl methyl sites for hydroxylation is 1. The summed E-state index contributed by atoms with van der Waals surface area (Å²) in [5.41, 5.74) is -0.785. The Morgan fingerprint density at radius 3 is 3.26 bits per heavy atom. The molecule has 5 nitrogen and oxygen atoms in total. The number of nitrogens with one attached hydrogen (secondary N) is 2. The van der Waals surface area contributed by atoms with Gasteiger partial charge in [0.1, 0.15) is 12.7 Å². The smallest absolute Gasteiger partial charge is 0.137 e. The highest BCUT2D eigenvalue weighted by molar-refractivity contribution is 5.83. The monoisotopic (exact) mass is 264 g/mol. The van der Waals surface area contributed by atoms with Gasteiger partial charge in [0.25, 0.3) is 0 Å². The molecule has 3 rings (SSSR count). The summed E-state index contributed by atoms with van der Waals surface area (Å²) in [6.07, 6.45) is 0.684. The lowest BCUT2D eigenvalue weighted by molar-refractivity contribution is 0.685. The predicted molar refractivity (Wildman–Crippen MR) is 75.1 cm³/mol. The molecule has 0 aliphatic carbocycles. The van der Waals surface area contributed by atoms with Gasteiger partial charge in [-0.2, -0.15) is 5.10 Å². The third-order valence-corrected chi connectivity index (χ3v) is 2.41. The quantitative estimate of drug-likeness (QED) is 0.735. The number of aromatic nitrogens is 4. The van der Waals surface area contributed by atoms with Crippen molar-refractivity contribution >= 4 is 10.9 Å². The number of benzene rings is 1. The van der Waals surface area contributed by atoms with Gasteiger partial charge in [-0.15, -0.1) is 0 Å². The number of nitrogens with zero attached hydrogens (tertiary/aromatic N) is 3. The Kier molecular flexibility index (Phi) is 1.51. The van der Waals surface area contributed by atoms with Gasteiger partial charge in [-0.3, -0.25) is 0 Å². The molecule has 0 aliphatic heterocycles. The molecule has 0 spiro atoms. The lowest BCUT2D eigenvalue weighted by atomic mass is 10.1. The largest absolute Gasteiger partial charge is 0.361 e. The molecule has 0 bridgehead atoms. The summed E-state index contributed by atoms with van der Waals surface area (Å²) < 4.78 is 74.7. The molecule has 0 radical (unpaired) electrons. The Hall–Kier alpha value is -2.14. The molecule has 0 atom stereocenters. The highest BCUT2D eigenvalue weighted by atomic mass is 15.3. The first-order chi connectivity index (χ1) is 12.9. The molecule has 2 heterocycles. The molecular weight excluding hydrogens is 238 g/mol. The Morgan fingerprint density at radius 1 is 1.53 bits per heavy atom. The van der Waals surface area contributed by atoms with Crippen LogP contribution in [0.5, 0.6) is 0 Å². The van der Waals surface area contributed by atoms with Crippen molar-refractivity contribution in [2.24, 2.45) is 0 Å². The Balaban J connectivity index is 2.39. The van der Waals surface area contributed by atoms with Crippen molar-refractivity contribution in [3.63, 3.8) is 0 Å². The Morgan fingerprint density at radius 2 is 2.47 bits per heavy atom. The number of H-pyrrole nitrogens is 1. The average Bonchev–Trinajstić information content (AvgIpc) is 3.29. The maximum Gasteiger partial charge on any atom is 0.137 e. The fraction of sp³-hybridized carbons (Fsp3) is 0.286. The van der Waals surface area contributed by atoms with Crippen LogP contribution in [0.15, 0.2) is 37.0 Å². The van der Waals surface area contributed by atoms with Crippen LogP contribution in [0.3, 0.4) is 0 Å². The zero-order valence-corrected chi connectivity index (χ0v) is 10.1. The second kappa shape index (κ2) is 5.24. The molecular formula is C14H17N5. The summed E-state index contributed by atoms with van der Waals surface area (Å²) in [4.78, 5) is 6.30. The van der Waals surface area contributed by atoms with Gasteiger partial charge in [0.05, 0.1) is 13.4 Å². The summed E-state index contributed by atoms with van der Waals surface area (Å²) >= 11 is 0. The lowest BCUT2D eigenvalue weighted by Crippen LogP contribution is -2.09. The summed E-state index contributed by atoms with van der Waals surface area (Å²) in [5.74, 6) is 0. The minimum Gasteiger partial charge on any atom is -0.361 e. The molecule has 5 heteroatoms.